The monoisotopic (exact) mass is 389 g/mol. The minimum atomic E-state index is -0.453. The topological polar surface area (TPSA) is 117 Å². The molecule has 1 fully saturated rings. The molecule has 2 heterocycles. The van der Waals surface area contributed by atoms with Crippen molar-refractivity contribution in [2.75, 3.05) is 29.9 Å². The van der Waals surface area contributed by atoms with E-state index in [2.05, 4.69) is 15.6 Å². The number of hydrogen-bond acceptors (Lipinski definition) is 7. The number of aromatic nitrogens is 1. The molecule has 9 nitrogen and oxygen atoms in total. The summed E-state index contributed by atoms with van der Waals surface area (Å²) >= 11 is 1.36. The third-order valence-corrected chi connectivity index (χ3v) is 4.96. The number of nitro benzene ring substituents is 1. The number of nitrogens with one attached hydrogen (secondary N) is 2. The fraction of sp³-hybridized carbons (Fsp3) is 0.353. The van der Waals surface area contributed by atoms with Crippen LogP contribution in [0, 0.1) is 10.1 Å². The van der Waals surface area contributed by atoms with Crippen LogP contribution in [0.3, 0.4) is 0 Å². The van der Waals surface area contributed by atoms with Crippen LogP contribution < -0.4 is 15.5 Å². The highest BCUT2D eigenvalue weighted by atomic mass is 32.1. The zero-order valence-electron chi connectivity index (χ0n) is 14.5. The largest absolute Gasteiger partial charge is 0.378 e. The zero-order valence-corrected chi connectivity index (χ0v) is 15.3. The summed E-state index contributed by atoms with van der Waals surface area (Å²) < 4.78 is 0. The maximum atomic E-state index is 12.0. The van der Waals surface area contributed by atoms with Gasteiger partial charge >= 0.3 is 0 Å². The summed E-state index contributed by atoms with van der Waals surface area (Å²) in [6, 6.07) is 6.35. The molecule has 0 unspecified atom stereocenters. The predicted molar refractivity (Wildman–Crippen MR) is 102 cm³/mol. The number of carbonyl (C=O) groups excluding carboxylic acids is 2. The van der Waals surface area contributed by atoms with E-state index in [4.69, 9.17) is 0 Å². The van der Waals surface area contributed by atoms with Crippen molar-refractivity contribution in [3.63, 3.8) is 0 Å². The molecule has 142 valence electrons. The molecule has 0 spiro atoms. The number of para-hydroxylation sites is 2. The molecule has 2 N–H and O–H groups in total. The van der Waals surface area contributed by atoms with Gasteiger partial charge in [-0.3, -0.25) is 24.6 Å². The lowest BCUT2D eigenvalue weighted by molar-refractivity contribution is -0.384. The molecule has 0 radical (unpaired) electrons. The van der Waals surface area contributed by atoms with Crippen molar-refractivity contribution in [1.82, 2.24) is 10.3 Å². The molecule has 1 aliphatic heterocycles. The Hall–Kier alpha value is -3.01. The second kappa shape index (κ2) is 8.58. The van der Waals surface area contributed by atoms with Crippen molar-refractivity contribution in [2.45, 2.75) is 19.3 Å². The van der Waals surface area contributed by atoms with E-state index < -0.39 is 4.92 Å². The average molecular weight is 389 g/mol. The van der Waals surface area contributed by atoms with Gasteiger partial charge < -0.3 is 10.6 Å². The first kappa shape index (κ1) is 18.8. The van der Waals surface area contributed by atoms with Gasteiger partial charge in [0.2, 0.25) is 11.8 Å². The Morgan fingerprint density at radius 2 is 2.15 bits per heavy atom. The lowest BCUT2D eigenvalue weighted by atomic mass is 10.2. The highest BCUT2D eigenvalue weighted by molar-refractivity contribution is 7.14. The normalized spacial score (nSPS) is 13.6. The van der Waals surface area contributed by atoms with Crippen LogP contribution in [0.25, 0.3) is 0 Å². The van der Waals surface area contributed by atoms with Gasteiger partial charge in [-0.25, -0.2) is 4.98 Å². The summed E-state index contributed by atoms with van der Waals surface area (Å²) in [6.07, 6.45) is 1.51. The molecule has 1 aliphatic rings. The Labute approximate surface area is 159 Å². The smallest absolute Gasteiger partial charge is 0.292 e. The Morgan fingerprint density at radius 3 is 2.89 bits per heavy atom. The van der Waals surface area contributed by atoms with Gasteiger partial charge in [0.05, 0.1) is 17.0 Å². The Bertz CT molecular complexity index is 853. The molecule has 1 saturated heterocycles. The van der Waals surface area contributed by atoms with Crippen LogP contribution in [-0.4, -0.2) is 41.4 Å². The van der Waals surface area contributed by atoms with E-state index >= 15 is 0 Å². The first-order chi connectivity index (χ1) is 13.0. The van der Waals surface area contributed by atoms with Crippen LogP contribution >= 0.6 is 11.3 Å². The summed E-state index contributed by atoms with van der Waals surface area (Å²) in [5.74, 6) is -0.120. The first-order valence-electron chi connectivity index (χ1n) is 8.53. The first-order valence-corrected chi connectivity index (χ1v) is 9.41. The third kappa shape index (κ3) is 4.79. The molecular weight excluding hydrogens is 370 g/mol. The minimum Gasteiger partial charge on any atom is -0.378 e. The average Bonchev–Trinajstić information content (AvgIpc) is 3.27. The predicted octanol–water partition coefficient (Wildman–Crippen LogP) is 1.95. The number of benzene rings is 1. The quantitative estimate of drug-likeness (QED) is 0.405. The Kier molecular flexibility index (Phi) is 5.97. The molecule has 3 rings (SSSR count). The summed E-state index contributed by atoms with van der Waals surface area (Å²) in [5, 5.41) is 19.1. The standard InChI is InChI=1S/C17H19N5O4S/c23-15(10-12-11-27-17(20-12)21-9-3-6-16(21)24)19-8-7-18-13-4-1-2-5-14(13)22(25)26/h1-2,4-5,11,18H,3,6-10H2,(H,19,23). The van der Waals surface area contributed by atoms with Gasteiger partial charge in [-0.2, -0.15) is 0 Å². The van der Waals surface area contributed by atoms with Crippen molar-refractivity contribution in [1.29, 1.82) is 0 Å². The second-order valence-electron chi connectivity index (χ2n) is 6.00. The molecule has 2 amide bonds. The van der Waals surface area contributed by atoms with E-state index in [0.717, 1.165) is 6.42 Å². The number of rotatable bonds is 8. The molecule has 0 aliphatic carbocycles. The Balaban J connectivity index is 1.43. The van der Waals surface area contributed by atoms with Crippen molar-refractivity contribution < 1.29 is 14.5 Å². The molecule has 10 heteroatoms. The van der Waals surface area contributed by atoms with Crippen LogP contribution in [0.5, 0.6) is 0 Å². The summed E-state index contributed by atoms with van der Waals surface area (Å²) in [4.78, 5) is 40.3. The van der Waals surface area contributed by atoms with E-state index in [1.165, 1.54) is 17.4 Å². The molecule has 0 atom stereocenters. The van der Waals surface area contributed by atoms with Crippen LogP contribution in [0.2, 0.25) is 0 Å². The van der Waals surface area contributed by atoms with E-state index in [1.807, 2.05) is 0 Å². The summed E-state index contributed by atoms with van der Waals surface area (Å²) in [5.41, 5.74) is 1.03. The van der Waals surface area contributed by atoms with Gasteiger partial charge in [0.25, 0.3) is 5.69 Å². The number of carbonyl (C=O) groups is 2. The third-order valence-electron chi connectivity index (χ3n) is 4.05. The Morgan fingerprint density at radius 1 is 1.33 bits per heavy atom. The molecule has 27 heavy (non-hydrogen) atoms. The number of thiazole rings is 1. The molecule has 0 bridgehead atoms. The number of nitrogens with zero attached hydrogens (tertiary/aromatic N) is 3. The number of anilines is 2. The lowest BCUT2D eigenvalue weighted by Gasteiger charge is -2.10. The molecular formula is C17H19N5O4S. The van der Waals surface area contributed by atoms with Crippen molar-refractivity contribution in [2.24, 2.45) is 0 Å². The number of nitro groups is 1. The highest BCUT2D eigenvalue weighted by Crippen LogP contribution is 2.25. The molecule has 2 aromatic rings. The number of amides is 2. The van der Waals surface area contributed by atoms with Gasteiger partial charge in [0.15, 0.2) is 5.13 Å². The number of hydrogen-bond donors (Lipinski definition) is 2. The summed E-state index contributed by atoms with van der Waals surface area (Å²) in [7, 11) is 0. The van der Waals surface area contributed by atoms with Crippen LogP contribution in [0.4, 0.5) is 16.5 Å². The lowest BCUT2D eigenvalue weighted by Crippen LogP contribution is -2.30. The van der Waals surface area contributed by atoms with Gasteiger partial charge in [-0.05, 0) is 12.5 Å². The molecule has 0 saturated carbocycles. The van der Waals surface area contributed by atoms with Gasteiger partial charge in [0, 0.05) is 37.5 Å². The molecule has 1 aromatic carbocycles. The minimum absolute atomic E-state index is 0.00436. The van der Waals surface area contributed by atoms with Crippen molar-refractivity contribution >= 4 is 39.7 Å². The van der Waals surface area contributed by atoms with Crippen molar-refractivity contribution in [3.05, 3.63) is 45.5 Å². The fourth-order valence-electron chi connectivity index (χ4n) is 2.76. The SMILES string of the molecule is O=C(Cc1csc(N2CCCC2=O)n1)NCCNc1ccccc1[N+](=O)[O-]. The van der Waals surface area contributed by atoms with Gasteiger partial charge in [-0.15, -0.1) is 11.3 Å². The maximum Gasteiger partial charge on any atom is 0.292 e. The second-order valence-corrected chi connectivity index (χ2v) is 6.83. The van der Waals surface area contributed by atoms with Crippen LogP contribution in [0.15, 0.2) is 29.6 Å². The summed E-state index contributed by atoms with van der Waals surface area (Å²) in [6.45, 7) is 1.36. The van der Waals surface area contributed by atoms with Gasteiger partial charge in [0.1, 0.15) is 5.69 Å². The fourth-order valence-corrected chi connectivity index (χ4v) is 3.63. The van der Waals surface area contributed by atoms with Crippen molar-refractivity contribution in [3.8, 4) is 0 Å². The van der Waals surface area contributed by atoms with Gasteiger partial charge in [-0.1, -0.05) is 12.1 Å². The van der Waals surface area contributed by atoms with E-state index in [1.54, 1.807) is 28.5 Å². The van der Waals surface area contributed by atoms with Crippen LogP contribution in [0.1, 0.15) is 18.5 Å². The zero-order chi connectivity index (χ0) is 19.2. The van der Waals surface area contributed by atoms with E-state index in [0.29, 0.717) is 42.6 Å². The highest BCUT2D eigenvalue weighted by Gasteiger charge is 2.24. The van der Waals surface area contributed by atoms with Crippen LogP contribution in [-0.2, 0) is 16.0 Å². The maximum absolute atomic E-state index is 12.0. The van der Waals surface area contributed by atoms with E-state index in [-0.39, 0.29) is 23.9 Å². The van der Waals surface area contributed by atoms with E-state index in [9.17, 15) is 19.7 Å². The molecule has 1 aromatic heterocycles.